The second-order valence-electron chi connectivity index (χ2n) is 31.7. The van der Waals surface area contributed by atoms with Crippen molar-refractivity contribution < 1.29 is 0 Å². The van der Waals surface area contributed by atoms with Crippen molar-refractivity contribution in [3.05, 3.63) is 154 Å². The van der Waals surface area contributed by atoms with Crippen molar-refractivity contribution in [3.8, 4) is 37.5 Å². The Bertz CT molecular complexity index is 3950. The minimum Gasteiger partial charge on any atom is -0.337 e. The number of benzene rings is 6. The molecule has 556 valence electrons. The minimum absolute atomic E-state index is 0.421. The number of aryl methyl sites for hydroxylation is 2. The average Bonchev–Trinajstić information content (AvgIpc) is 1.50. The first-order valence-electron chi connectivity index (χ1n) is 42.6. The Morgan fingerprint density at radius 3 is 1.09 bits per heavy atom. The molecule has 0 aliphatic carbocycles. The Morgan fingerprint density at radius 1 is 0.375 bits per heavy atom. The molecular formula is C96H130N6S2. The summed E-state index contributed by atoms with van der Waals surface area (Å²) in [6.45, 7) is 24.0. The highest BCUT2D eigenvalue weighted by atomic mass is 32.1. The first-order valence-corrected chi connectivity index (χ1v) is 44.3. The smallest absolute Gasteiger partial charge is 0.206 e. The zero-order valence-corrected chi connectivity index (χ0v) is 67.2. The minimum atomic E-state index is 0.421. The monoisotopic (exact) mass is 1430 g/mol. The fourth-order valence-electron chi connectivity index (χ4n) is 17.3. The van der Waals surface area contributed by atoms with Crippen molar-refractivity contribution in [2.45, 2.75) is 324 Å². The van der Waals surface area contributed by atoms with E-state index in [1.54, 1.807) is 0 Å². The van der Waals surface area contributed by atoms with Gasteiger partial charge >= 0.3 is 0 Å². The summed E-state index contributed by atoms with van der Waals surface area (Å²) in [4.78, 5) is 19.3. The zero-order valence-electron chi connectivity index (χ0n) is 65.6. The largest absolute Gasteiger partial charge is 0.337 e. The number of nitriles is 1. The quantitative estimate of drug-likeness (QED) is 0.0125. The van der Waals surface area contributed by atoms with Gasteiger partial charge in [0.15, 0.2) is 5.71 Å². The predicted octanol–water partition coefficient (Wildman–Crippen LogP) is 31.2. The van der Waals surface area contributed by atoms with Crippen LogP contribution in [0.3, 0.4) is 0 Å². The van der Waals surface area contributed by atoms with Crippen LogP contribution >= 0.6 is 22.7 Å². The van der Waals surface area contributed by atoms with Gasteiger partial charge in [0, 0.05) is 43.7 Å². The number of unbranched alkanes of at least 4 members (excludes halogenated alkanes) is 36. The summed E-state index contributed by atoms with van der Waals surface area (Å²) in [7, 11) is 0. The first kappa shape index (κ1) is 80.0. The number of nitrogens with zero attached hydrogens (tertiary/aromatic N) is 6. The van der Waals surface area contributed by atoms with Crippen molar-refractivity contribution in [3.63, 3.8) is 0 Å². The molecular weight excluding hydrogens is 1300 g/mol. The fraction of sp³-hybridized carbons (Fsp3) is 0.562. The van der Waals surface area contributed by atoms with Gasteiger partial charge in [-0.05, 0) is 173 Å². The van der Waals surface area contributed by atoms with Crippen molar-refractivity contribution in [1.29, 1.82) is 5.26 Å². The molecule has 2 aliphatic heterocycles. The lowest BCUT2D eigenvalue weighted by Gasteiger charge is -2.32. The third-order valence-corrected chi connectivity index (χ3v) is 25.5. The molecule has 0 fully saturated rings. The van der Waals surface area contributed by atoms with E-state index in [-0.39, 0.29) is 0 Å². The summed E-state index contributed by atoms with van der Waals surface area (Å²) in [5.74, 6) is 0.871. The van der Waals surface area contributed by atoms with Crippen LogP contribution in [0.4, 0.5) is 11.4 Å². The van der Waals surface area contributed by atoms with Gasteiger partial charge in [0.05, 0.1) is 22.2 Å². The van der Waals surface area contributed by atoms with E-state index in [1.807, 2.05) is 22.7 Å². The maximum atomic E-state index is 11.1. The SMILES string of the molecule is [C-]#[N+]/N=C1/C(=C2/C(=NC#N)c3ccc(-c4ccc(-c5cc6ccc7cc(-c8ccc(C)s8)cc8ccc(c5)c6c78)s4)cc3N2CC(CCCCCCCCCCCC)CCCCCCCCCCCC)N(CC(CCCCCCCCCCCC)CCCCCCCCCCCC)c2cc(C)ccc21. The predicted molar refractivity (Wildman–Crippen MR) is 458 cm³/mol. The highest BCUT2D eigenvalue weighted by Crippen LogP contribution is 2.49. The Balaban J connectivity index is 1.01. The number of fused-ring (bicyclic) bond motifs is 2. The molecule has 0 bridgehead atoms. The topological polar surface area (TPSA) is 59.4 Å². The molecule has 8 heteroatoms. The van der Waals surface area contributed by atoms with E-state index in [9.17, 15) is 5.26 Å². The van der Waals surface area contributed by atoms with Crippen molar-refractivity contribution in [1.82, 2.24) is 0 Å². The van der Waals surface area contributed by atoms with E-state index >= 15 is 0 Å². The van der Waals surface area contributed by atoms with Gasteiger partial charge in [-0.2, -0.15) is 16.8 Å². The van der Waals surface area contributed by atoms with E-state index in [2.05, 4.69) is 172 Å². The van der Waals surface area contributed by atoms with E-state index in [0.717, 1.165) is 52.7 Å². The first-order chi connectivity index (χ1) is 51.2. The summed E-state index contributed by atoms with van der Waals surface area (Å²) in [5.41, 5.74) is 12.5. The second-order valence-corrected chi connectivity index (χ2v) is 34.1. The molecule has 0 saturated heterocycles. The van der Waals surface area contributed by atoms with Crippen LogP contribution in [-0.2, 0) is 0 Å². The van der Waals surface area contributed by atoms with Gasteiger partial charge in [-0.1, -0.05) is 327 Å². The number of thiophene rings is 2. The molecule has 0 N–H and O–H groups in total. The maximum Gasteiger partial charge on any atom is 0.206 e. The van der Waals surface area contributed by atoms with Gasteiger partial charge < -0.3 is 9.80 Å². The molecule has 6 aromatic carbocycles. The van der Waals surface area contributed by atoms with Crippen LogP contribution in [0.15, 0.2) is 131 Å². The lowest BCUT2D eigenvalue weighted by Crippen LogP contribution is -2.35. The van der Waals surface area contributed by atoms with Gasteiger partial charge in [0.1, 0.15) is 11.4 Å². The summed E-state index contributed by atoms with van der Waals surface area (Å²) in [6, 6.07) is 41.9. The van der Waals surface area contributed by atoms with E-state index in [0.29, 0.717) is 17.5 Å². The Morgan fingerprint density at radius 2 is 0.712 bits per heavy atom. The zero-order chi connectivity index (χ0) is 72.5. The normalized spacial score (nSPS) is 14.5. The van der Waals surface area contributed by atoms with Crippen LogP contribution in [-0.4, -0.2) is 24.5 Å². The fourth-order valence-corrected chi connectivity index (χ4v) is 19.2. The molecule has 0 amide bonds. The Hall–Kier alpha value is -6.58. The van der Waals surface area contributed by atoms with E-state index in [4.69, 9.17) is 16.7 Å². The molecule has 2 aromatic heterocycles. The Labute approximate surface area is 638 Å². The van der Waals surface area contributed by atoms with Gasteiger partial charge in [-0.15, -0.1) is 27.6 Å². The molecule has 6 nitrogen and oxygen atoms in total. The summed E-state index contributed by atoms with van der Waals surface area (Å²) in [6.07, 6.45) is 60.3. The molecule has 104 heavy (non-hydrogen) atoms. The van der Waals surface area contributed by atoms with Crippen LogP contribution in [0, 0.1) is 43.7 Å². The number of hydrogen-bond donors (Lipinski definition) is 0. The van der Waals surface area contributed by atoms with Crippen LogP contribution in [0.25, 0.3) is 68.6 Å². The third kappa shape index (κ3) is 22.7. The lowest BCUT2D eigenvalue weighted by molar-refractivity contribution is 0.404. The molecule has 2 aliphatic rings. The van der Waals surface area contributed by atoms with E-state index in [1.165, 1.54) is 357 Å². The van der Waals surface area contributed by atoms with Crippen molar-refractivity contribution in [2.75, 3.05) is 22.9 Å². The molecule has 10 rings (SSSR count). The molecule has 0 saturated carbocycles. The highest BCUT2D eigenvalue weighted by molar-refractivity contribution is 7.18. The number of aliphatic imine (C=N–C) groups is 1. The van der Waals surface area contributed by atoms with Gasteiger partial charge in [0.2, 0.25) is 6.19 Å². The maximum absolute atomic E-state index is 11.1. The van der Waals surface area contributed by atoms with Gasteiger partial charge in [-0.3, -0.25) is 0 Å². The van der Waals surface area contributed by atoms with E-state index < -0.39 is 0 Å². The average molecular weight is 1430 g/mol. The molecule has 0 atom stereocenters. The third-order valence-electron chi connectivity index (χ3n) is 23.2. The second kappa shape index (κ2) is 43.9. The Kier molecular flexibility index (Phi) is 33.8. The summed E-state index contributed by atoms with van der Waals surface area (Å²) in [5, 5.41) is 23.9. The number of allylic oxidation sites excluding steroid dienone is 2. The summed E-state index contributed by atoms with van der Waals surface area (Å²) >= 11 is 3.74. The van der Waals surface area contributed by atoms with Crippen molar-refractivity contribution in [2.24, 2.45) is 21.9 Å². The molecule has 0 radical (unpaired) electrons. The van der Waals surface area contributed by atoms with Crippen LogP contribution in [0.1, 0.15) is 332 Å². The summed E-state index contributed by atoms with van der Waals surface area (Å²) < 4.78 is 0. The highest BCUT2D eigenvalue weighted by Gasteiger charge is 2.43. The number of rotatable bonds is 51. The van der Waals surface area contributed by atoms with Crippen LogP contribution < -0.4 is 9.80 Å². The number of anilines is 2. The van der Waals surface area contributed by atoms with Crippen molar-refractivity contribution >= 4 is 77.8 Å². The standard InChI is InChI=1S/C96H130N6S2/c1-8-12-16-20-24-28-32-36-40-44-48-75(49-45-41-37-33-29-25-21-17-13-9-2)70-101-86-64-73(5)52-59-85(86)94(100-98-7)96(101)95-93(99-72-97)84-60-58-77(69-87(84)102(95)71-76(50-46-42-38-34-30-26-22-18-14-10-3)51-47-43-39-35-31-27-23-19-15-11-4)88-62-63-90(104-88)83-67-80-56-54-78-65-82(89-61-53-74(6)103-89)66-79-55-57-81(68-83)92(80)91(78)79/h52-69,75-76H,8-51,70-71H2,1-6H3/b96-95+,99-93?,100-94+. The number of hydrogen-bond acceptors (Lipinski definition) is 7. The van der Waals surface area contributed by atoms with Gasteiger partial charge in [0.25, 0.3) is 0 Å². The van der Waals surface area contributed by atoms with Crippen LogP contribution in [0.2, 0.25) is 0 Å². The van der Waals surface area contributed by atoms with Crippen LogP contribution in [0.5, 0.6) is 0 Å². The lowest BCUT2D eigenvalue weighted by atomic mass is 9.91. The molecule has 4 heterocycles. The molecule has 8 aromatic rings. The molecule has 0 unspecified atom stereocenters. The van der Waals surface area contributed by atoms with Gasteiger partial charge in [-0.25, -0.2) is 0 Å². The molecule has 0 spiro atoms.